The summed E-state index contributed by atoms with van der Waals surface area (Å²) in [6, 6.07) is 4.06. The van der Waals surface area contributed by atoms with Crippen LogP contribution in [0, 0.1) is 5.92 Å². The molecule has 0 aromatic carbocycles. The number of nitrogens with zero attached hydrogens (tertiary/aromatic N) is 4. The molecule has 9 heteroatoms. The van der Waals surface area contributed by atoms with Crippen LogP contribution in [0.25, 0.3) is 0 Å². The van der Waals surface area contributed by atoms with Gasteiger partial charge in [0, 0.05) is 50.6 Å². The minimum Gasteiger partial charge on any atom is -0.387 e. The van der Waals surface area contributed by atoms with Gasteiger partial charge in [-0.25, -0.2) is 8.42 Å². The standard InChI is InChI=1S/C18H31N5O3S/c1-17(2,3)15-5-6-16(21-20-15)22-10-14(11-22)9-19-12-18(24)7-8-23(13-18)27(4,25)26/h5-6,14,19,24H,7-13H2,1-4H3. The fraction of sp³-hybridized carbons (Fsp3) is 0.778. The van der Waals surface area contributed by atoms with Gasteiger partial charge in [-0.3, -0.25) is 0 Å². The summed E-state index contributed by atoms with van der Waals surface area (Å²) in [6.45, 7) is 9.94. The van der Waals surface area contributed by atoms with Crippen molar-refractivity contribution in [3.8, 4) is 0 Å². The van der Waals surface area contributed by atoms with Gasteiger partial charge in [0.05, 0.1) is 17.6 Å². The first-order valence-corrected chi connectivity index (χ1v) is 11.3. The van der Waals surface area contributed by atoms with E-state index in [-0.39, 0.29) is 12.0 Å². The maximum Gasteiger partial charge on any atom is 0.211 e. The van der Waals surface area contributed by atoms with E-state index in [2.05, 4.69) is 41.2 Å². The van der Waals surface area contributed by atoms with Gasteiger partial charge in [-0.15, -0.1) is 5.10 Å². The molecule has 3 rings (SSSR count). The molecule has 2 saturated heterocycles. The van der Waals surface area contributed by atoms with Crippen LogP contribution < -0.4 is 10.2 Å². The van der Waals surface area contributed by atoms with Crippen molar-refractivity contribution in [1.29, 1.82) is 0 Å². The second-order valence-electron chi connectivity index (χ2n) is 9.00. The van der Waals surface area contributed by atoms with Gasteiger partial charge in [-0.05, 0) is 18.6 Å². The SMILES string of the molecule is CC(C)(C)c1ccc(N2CC(CNCC3(O)CCN(S(C)(=O)=O)C3)C2)nn1. The van der Waals surface area contributed by atoms with Crippen LogP contribution in [0.2, 0.25) is 0 Å². The van der Waals surface area contributed by atoms with E-state index < -0.39 is 15.6 Å². The maximum absolute atomic E-state index is 11.6. The summed E-state index contributed by atoms with van der Waals surface area (Å²) in [4.78, 5) is 2.20. The van der Waals surface area contributed by atoms with Gasteiger partial charge in [0.15, 0.2) is 5.82 Å². The van der Waals surface area contributed by atoms with Crippen LogP contribution in [0.1, 0.15) is 32.9 Å². The zero-order chi connectivity index (χ0) is 19.9. The Bertz CT molecular complexity index is 756. The first-order valence-electron chi connectivity index (χ1n) is 9.44. The van der Waals surface area contributed by atoms with E-state index in [0.717, 1.165) is 31.1 Å². The summed E-state index contributed by atoms with van der Waals surface area (Å²) in [5, 5.41) is 22.5. The van der Waals surface area contributed by atoms with E-state index >= 15 is 0 Å². The topological polar surface area (TPSA) is 98.7 Å². The highest BCUT2D eigenvalue weighted by molar-refractivity contribution is 7.88. The minimum absolute atomic E-state index is 0.000110. The number of anilines is 1. The van der Waals surface area contributed by atoms with Crippen molar-refractivity contribution in [2.45, 2.75) is 38.2 Å². The number of nitrogens with one attached hydrogen (secondary N) is 1. The molecule has 0 spiro atoms. The van der Waals surface area contributed by atoms with E-state index in [0.29, 0.717) is 25.4 Å². The molecular formula is C18H31N5O3S. The van der Waals surface area contributed by atoms with Gasteiger partial charge in [-0.2, -0.15) is 9.40 Å². The third-order valence-electron chi connectivity index (χ3n) is 5.35. The normalized spacial score (nSPS) is 25.0. The van der Waals surface area contributed by atoms with E-state index in [1.807, 2.05) is 12.1 Å². The van der Waals surface area contributed by atoms with Crippen LogP contribution in [-0.4, -0.2) is 79.2 Å². The lowest BCUT2D eigenvalue weighted by Crippen LogP contribution is -2.53. The Morgan fingerprint density at radius 1 is 1.30 bits per heavy atom. The molecule has 0 radical (unpaired) electrons. The first kappa shape index (κ1) is 20.4. The zero-order valence-corrected chi connectivity index (χ0v) is 17.5. The second-order valence-corrected chi connectivity index (χ2v) is 11.0. The Morgan fingerprint density at radius 3 is 2.52 bits per heavy atom. The average molecular weight is 398 g/mol. The highest BCUT2D eigenvalue weighted by Crippen LogP contribution is 2.26. The monoisotopic (exact) mass is 397 g/mol. The van der Waals surface area contributed by atoms with Gasteiger partial charge in [-0.1, -0.05) is 20.8 Å². The molecule has 3 heterocycles. The average Bonchev–Trinajstić information content (AvgIpc) is 2.92. The lowest BCUT2D eigenvalue weighted by Gasteiger charge is -2.40. The molecule has 2 N–H and O–H groups in total. The van der Waals surface area contributed by atoms with E-state index in [1.54, 1.807) is 0 Å². The predicted molar refractivity (Wildman–Crippen MR) is 105 cm³/mol. The second kappa shape index (κ2) is 7.27. The van der Waals surface area contributed by atoms with Gasteiger partial charge in [0.2, 0.25) is 10.0 Å². The van der Waals surface area contributed by atoms with Gasteiger partial charge >= 0.3 is 0 Å². The summed E-state index contributed by atoms with van der Waals surface area (Å²) < 4.78 is 24.5. The Kier molecular flexibility index (Phi) is 5.51. The van der Waals surface area contributed by atoms with Crippen molar-refractivity contribution in [3.05, 3.63) is 17.8 Å². The molecule has 0 aliphatic carbocycles. The maximum atomic E-state index is 11.6. The van der Waals surface area contributed by atoms with Crippen molar-refractivity contribution in [1.82, 2.24) is 19.8 Å². The minimum atomic E-state index is -3.23. The van der Waals surface area contributed by atoms with Crippen LogP contribution in [0.4, 0.5) is 5.82 Å². The number of rotatable bonds is 6. The Balaban J connectivity index is 1.40. The van der Waals surface area contributed by atoms with E-state index in [1.165, 1.54) is 10.6 Å². The number of aliphatic hydroxyl groups is 1. The molecule has 1 atom stereocenters. The smallest absolute Gasteiger partial charge is 0.211 e. The third-order valence-corrected chi connectivity index (χ3v) is 6.60. The van der Waals surface area contributed by atoms with E-state index in [4.69, 9.17) is 0 Å². The van der Waals surface area contributed by atoms with Gasteiger partial charge in [0.1, 0.15) is 0 Å². The largest absolute Gasteiger partial charge is 0.387 e. The summed E-state index contributed by atoms with van der Waals surface area (Å²) in [6.07, 6.45) is 1.66. The number of sulfonamides is 1. The van der Waals surface area contributed by atoms with Crippen LogP contribution in [0.3, 0.4) is 0 Å². The molecule has 27 heavy (non-hydrogen) atoms. The molecular weight excluding hydrogens is 366 g/mol. The van der Waals surface area contributed by atoms with Crippen molar-refractivity contribution in [2.75, 3.05) is 50.4 Å². The summed E-state index contributed by atoms with van der Waals surface area (Å²) in [5.74, 6) is 1.39. The fourth-order valence-corrected chi connectivity index (χ4v) is 4.43. The molecule has 1 unspecified atom stereocenters. The molecule has 2 fully saturated rings. The Hall–Kier alpha value is -1.29. The van der Waals surface area contributed by atoms with Crippen LogP contribution in [0.15, 0.2) is 12.1 Å². The van der Waals surface area contributed by atoms with Crippen molar-refractivity contribution in [3.63, 3.8) is 0 Å². The number of aromatic nitrogens is 2. The number of hydrogen-bond donors (Lipinski definition) is 2. The molecule has 8 nitrogen and oxygen atoms in total. The summed E-state index contributed by atoms with van der Waals surface area (Å²) in [7, 11) is -3.23. The highest BCUT2D eigenvalue weighted by atomic mass is 32.2. The van der Waals surface area contributed by atoms with Crippen molar-refractivity contribution < 1.29 is 13.5 Å². The summed E-state index contributed by atoms with van der Waals surface area (Å²) in [5.41, 5.74) is 0.0129. The molecule has 2 aliphatic rings. The van der Waals surface area contributed by atoms with Crippen molar-refractivity contribution >= 4 is 15.8 Å². The molecule has 0 bridgehead atoms. The number of hydrogen-bond acceptors (Lipinski definition) is 7. The first-order chi connectivity index (χ1) is 12.5. The molecule has 1 aromatic heterocycles. The third kappa shape index (κ3) is 4.96. The van der Waals surface area contributed by atoms with E-state index in [9.17, 15) is 13.5 Å². The van der Waals surface area contributed by atoms with Crippen molar-refractivity contribution in [2.24, 2.45) is 5.92 Å². The Morgan fingerprint density at radius 2 is 2.00 bits per heavy atom. The fourth-order valence-electron chi connectivity index (χ4n) is 3.54. The zero-order valence-electron chi connectivity index (χ0n) is 16.6. The molecule has 2 aliphatic heterocycles. The lowest BCUT2D eigenvalue weighted by atomic mass is 9.92. The number of β-amino-alcohol motifs (C(OH)–C–C–N with tert-alkyl or cyclic N) is 1. The molecule has 0 amide bonds. The van der Waals surface area contributed by atoms with Crippen LogP contribution >= 0.6 is 0 Å². The van der Waals surface area contributed by atoms with Gasteiger partial charge in [0.25, 0.3) is 0 Å². The highest BCUT2D eigenvalue weighted by Gasteiger charge is 2.39. The molecule has 1 aromatic rings. The van der Waals surface area contributed by atoms with Crippen LogP contribution in [-0.2, 0) is 15.4 Å². The predicted octanol–water partition coefficient (Wildman–Crippen LogP) is 0.196. The summed E-state index contributed by atoms with van der Waals surface area (Å²) >= 11 is 0. The van der Waals surface area contributed by atoms with Crippen LogP contribution in [0.5, 0.6) is 0 Å². The Labute approximate surface area is 162 Å². The quantitative estimate of drug-likeness (QED) is 0.707. The molecule has 0 saturated carbocycles. The van der Waals surface area contributed by atoms with Gasteiger partial charge < -0.3 is 15.3 Å². The molecule has 152 valence electrons. The lowest BCUT2D eigenvalue weighted by molar-refractivity contribution is 0.0546.